The Labute approximate surface area is 214 Å². The maximum atomic E-state index is 13.0. The van der Waals surface area contributed by atoms with Crippen LogP contribution in [-0.4, -0.2) is 118 Å². The summed E-state index contributed by atoms with van der Waals surface area (Å²) in [7, 11) is 3.34. The lowest BCUT2D eigenvalue weighted by molar-refractivity contribution is -0.212. The van der Waals surface area contributed by atoms with Gasteiger partial charge in [-0.3, -0.25) is 9.69 Å². The van der Waals surface area contributed by atoms with E-state index in [1.54, 1.807) is 19.1 Å². The van der Waals surface area contributed by atoms with E-state index < -0.39 is 48.0 Å². The molecule has 2 fully saturated rings. The first-order valence-corrected chi connectivity index (χ1v) is 13.0. The minimum absolute atomic E-state index is 0.0371. The van der Waals surface area contributed by atoms with E-state index in [1.807, 2.05) is 11.9 Å². The van der Waals surface area contributed by atoms with E-state index in [1.165, 1.54) is 19.2 Å². The number of phenolic OH excluding ortho intramolecular Hbond substituents is 1. The minimum atomic E-state index is -1.53. The zero-order valence-corrected chi connectivity index (χ0v) is 21.5. The lowest BCUT2D eigenvalue weighted by Gasteiger charge is -2.44. The molecule has 5 N–H and O–H groups in total. The number of carbonyl (C=O) groups is 2. The van der Waals surface area contributed by atoms with E-state index >= 15 is 0 Å². The molecule has 2 aliphatic heterocycles. The zero-order chi connectivity index (χ0) is 26.4. The Morgan fingerprint density at radius 1 is 1.22 bits per heavy atom. The molecule has 0 saturated carbocycles. The highest BCUT2D eigenvalue weighted by atomic mass is 32.2. The molecule has 2 aliphatic rings. The number of nitrogens with zero attached hydrogens (tertiary/aromatic N) is 1. The molecule has 0 spiro atoms. The van der Waals surface area contributed by atoms with E-state index in [0.717, 1.165) is 24.7 Å². The first kappa shape index (κ1) is 28.6. The van der Waals surface area contributed by atoms with Crippen LogP contribution >= 0.6 is 11.8 Å². The summed E-state index contributed by atoms with van der Waals surface area (Å²) < 4.78 is 16.6. The summed E-state index contributed by atoms with van der Waals surface area (Å²) in [5, 5.41) is 44.4. The third-order valence-corrected chi connectivity index (χ3v) is 7.81. The average molecular weight is 529 g/mol. The molecule has 0 unspecified atom stereocenters. The number of methoxy groups -OCH3 is 1. The number of nitrogens with one attached hydrogen (secondary N) is 1. The summed E-state index contributed by atoms with van der Waals surface area (Å²) in [6.07, 6.45) is -4.42. The highest BCUT2D eigenvalue weighted by Crippen LogP contribution is 2.31. The number of aliphatic hydroxyl groups excluding tert-OH is 3. The number of likely N-dealkylation sites (N-methyl/N-ethyl adjacent to an activating group) is 1. The van der Waals surface area contributed by atoms with E-state index in [9.17, 15) is 30.0 Å². The van der Waals surface area contributed by atoms with Gasteiger partial charge in [0.25, 0.3) is 0 Å². The van der Waals surface area contributed by atoms with Crippen LogP contribution in [0.4, 0.5) is 0 Å². The van der Waals surface area contributed by atoms with E-state index in [4.69, 9.17) is 14.2 Å². The van der Waals surface area contributed by atoms with Gasteiger partial charge in [-0.05, 0) is 45.5 Å². The number of hydrogen-bond acceptors (Lipinski definition) is 11. The average Bonchev–Trinajstić information content (AvgIpc) is 3.30. The number of likely N-dealkylation sites (tertiary alicyclic amines) is 1. The number of rotatable bonds is 10. The molecule has 8 atom stereocenters. The molecular weight excluding hydrogens is 492 g/mol. The third kappa shape index (κ3) is 6.68. The van der Waals surface area contributed by atoms with Crippen LogP contribution in [0.15, 0.2) is 24.3 Å². The molecule has 1 amide bonds. The van der Waals surface area contributed by atoms with Crippen molar-refractivity contribution in [3.8, 4) is 5.75 Å². The van der Waals surface area contributed by atoms with Crippen molar-refractivity contribution in [1.82, 2.24) is 10.2 Å². The molecule has 1 aromatic carbocycles. The summed E-state index contributed by atoms with van der Waals surface area (Å²) in [6.45, 7) is 2.48. The summed E-state index contributed by atoms with van der Waals surface area (Å²) in [6, 6.07) is 4.91. The van der Waals surface area contributed by atoms with Crippen LogP contribution in [0.2, 0.25) is 0 Å². The smallest absolute Gasteiger partial charge is 0.341 e. The molecule has 12 heteroatoms. The van der Waals surface area contributed by atoms with Crippen molar-refractivity contribution in [3.05, 3.63) is 29.8 Å². The zero-order valence-electron chi connectivity index (χ0n) is 20.6. The maximum Gasteiger partial charge on any atom is 0.341 e. The van der Waals surface area contributed by atoms with E-state index in [2.05, 4.69) is 5.32 Å². The molecule has 3 rings (SSSR count). The van der Waals surface area contributed by atoms with Crippen LogP contribution in [0.1, 0.15) is 30.1 Å². The predicted octanol–water partition coefficient (Wildman–Crippen LogP) is -0.296. The number of aliphatic hydroxyl groups is 3. The second-order valence-electron chi connectivity index (χ2n) is 9.08. The van der Waals surface area contributed by atoms with Gasteiger partial charge in [-0.1, -0.05) is 12.1 Å². The Morgan fingerprint density at radius 2 is 1.94 bits per heavy atom. The number of aromatic hydroxyl groups is 1. The summed E-state index contributed by atoms with van der Waals surface area (Å²) in [4.78, 5) is 27.1. The summed E-state index contributed by atoms with van der Waals surface area (Å²) >= 11 is 1.09. The first-order valence-electron chi connectivity index (χ1n) is 12.0. The maximum absolute atomic E-state index is 13.0. The van der Waals surface area contributed by atoms with Crippen LogP contribution in [0.25, 0.3) is 0 Å². The molecule has 0 radical (unpaired) electrons. The number of hydrogen-bond donors (Lipinski definition) is 5. The normalized spacial score (nSPS) is 30.5. The molecule has 0 bridgehead atoms. The van der Waals surface area contributed by atoms with E-state index in [0.29, 0.717) is 6.42 Å². The van der Waals surface area contributed by atoms with Gasteiger partial charge >= 0.3 is 5.97 Å². The Morgan fingerprint density at radius 3 is 2.58 bits per heavy atom. The standard InChI is InChI=1S/C24H36N2O9S/c1-13(33-3)17(25-22(31)15-8-6-10-26(15)2)21-19(29)18(28)20(30)24(35-21)36-12-11-34-23(32)14-7-4-5-9-16(14)27/h4-5,7,9,13,15,17-21,24,27-30H,6,8,10-12H2,1-3H3,(H,25,31)/t13-,15-,17+,18-,19+,20-,21+,24-/m0/s1. The Balaban J connectivity index is 1.62. The number of phenols is 1. The number of thioether (sulfide) groups is 1. The fourth-order valence-electron chi connectivity index (χ4n) is 4.45. The number of para-hydroxylation sites is 1. The van der Waals surface area contributed by atoms with Gasteiger partial charge in [0.2, 0.25) is 5.91 Å². The molecule has 0 aliphatic carbocycles. The topological polar surface area (TPSA) is 158 Å². The molecule has 2 heterocycles. The molecule has 202 valence electrons. The van der Waals surface area contributed by atoms with Crippen molar-refractivity contribution < 1.29 is 44.2 Å². The number of benzene rings is 1. The van der Waals surface area contributed by atoms with E-state index in [-0.39, 0.29) is 35.6 Å². The Kier molecular flexibility index (Phi) is 10.4. The second-order valence-corrected chi connectivity index (χ2v) is 10.3. The lowest BCUT2D eigenvalue weighted by atomic mass is 9.92. The Bertz CT molecular complexity index is 891. The van der Waals surface area contributed by atoms with Gasteiger partial charge in [-0.15, -0.1) is 11.8 Å². The summed E-state index contributed by atoms with van der Waals surface area (Å²) in [5.41, 5.74) is -0.926. The van der Waals surface area contributed by atoms with Gasteiger partial charge in [0, 0.05) is 12.9 Å². The highest BCUT2D eigenvalue weighted by Gasteiger charge is 2.49. The van der Waals surface area contributed by atoms with Gasteiger partial charge in [0.1, 0.15) is 47.8 Å². The van der Waals surface area contributed by atoms with Crippen molar-refractivity contribution in [3.63, 3.8) is 0 Å². The second kappa shape index (κ2) is 13.0. The largest absolute Gasteiger partial charge is 0.507 e. The van der Waals surface area contributed by atoms with Crippen LogP contribution in [0.3, 0.4) is 0 Å². The van der Waals surface area contributed by atoms with Gasteiger partial charge in [-0.25, -0.2) is 4.79 Å². The van der Waals surface area contributed by atoms with Crippen molar-refractivity contribution in [2.45, 2.75) is 67.8 Å². The van der Waals surface area contributed by atoms with Gasteiger partial charge in [-0.2, -0.15) is 0 Å². The van der Waals surface area contributed by atoms with Crippen molar-refractivity contribution in [2.75, 3.05) is 33.1 Å². The molecule has 0 aromatic heterocycles. The van der Waals surface area contributed by atoms with Gasteiger partial charge in [0.15, 0.2) is 0 Å². The van der Waals surface area contributed by atoms with Crippen molar-refractivity contribution in [2.24, 2.45) is 0 Å². The van der Waals surface area contributed by atoms with Crippen LogP contribution in [-0.2, 0) is 19.0 Å². The SMILES string of the molecule is CO[C@@H](C)[C@@H](NC(=O)[C@@H]1CCCN1C)[C@H]1O[C@@H](SCCOC(=O)c2ccccc2O)[C@@H](O)[C@@H](O)[C@H]1O. The minimum Gasteiger partial charge on any atom is -0.507 e. The quantitative estimate of drug-likeness (QED) is 0.201. The van der Waals surface area contributed by atoms with Crippen LogP contribution < -0.4 is 5.32 Å². The lowest BCUT2D eigenvalue weighted by Crippen LogP contribution is -2.66. The molecule has 11 nitrogen and oxygen atoms in total. The molecule has 36 heavy (non-hydrogen) atoms. The molecule has 1 aromatic rings. The van der Waals surface area contributed by atoms with Crippen LogP contribution in [0, 0.1) is 0 Å². The summed E-state index contributed by atoms with van der Waals surface area (Å²) in [5.74, 6) is -0.896. The van der Waals surface area contributed by atoms with Crippen LogP contribution in [0.5, 0.6) is 5.75 Å². The third-order valence-electron chi connectivity index (χ3n) is 6.69. The number of ether oxygens (including phenoxy) is 3. The van der Waals surface area contributed by atoms with Crippen molar-refractivity contribution >= 4 is 23.6 Å². The number of amides is 1. The van der Waals surface area contributed by atoms with Gasteiger partial charge < -0.3 is 40.0 Å². The number of carbonyl (C=O) groups excluding carboxylic acids is 2. The van der Waals surface area contributed by atoms with Gasteiger partial charge in [0.05, 0.1) is 18.2 Å². The monoisotopic (exact) mass is 528 g/mol. The number of esters is 1. The highest BCUT2D eigenvalue weighted by molar-refractivity contribution is 7.99. The molecule has 2 saturated heterocycles. The Hall–Kier alpha value is -1.93. The fraction of sp³-hybridized carbons (Fsp3) is 0.667. The fourth-order valence-corrected chi connectivity index (χ4v) is 5.42. The van der Waals surface area contributed by atoms with Crippen molar-refractivity contribution in [1.29, 1.82) is 0 Å². The molecular formula is C24H36N2O9S. The first-order chi connectivity index (χ1) is 17.1. The predicted molar refractivity (Wildman–Crippen MR) is 132 cm³/mol.